The molecule has 1 unspecified atom stereocenters. The Labute approximate surface area is 179 Å². The van der Waals surface area contributed by atoms with E-state index in [9.17, 15) is 9.59 Å². The molecule has 1 fully saturated rings. The first kappa shape index (κ1) is 20.5. The third-order valence-corrected chi connectivity index (χ3v) is 6.52. The van der Waals surface area contributed by atoms with Gasteiger partial charge >= 0.3 is 0 Å². The Morgan fingerprint density at radius 3 is 2.93 bits per heavy atom. The van der Waals surface area contributed by atoms with Crippen molar-refractivity contribution in [3.63, 3.8) is 0 Å². The van der Waals surface area contributed by atoms with E-state index in [4.69, 9.17) is 0 Å². The molecular formula is C21H26N6O2S. The molecule has 0 saturated carbocycles. The lowest BCUT2D eigenvalue weighted by Gasteiger charge is -2.16. The highest BCUT2D eigenvalue weighted by Crippen LogP contribution is 2.39. The number of thiophene rings is 1. The van der Waals surface area contributed by atoms with Crippen LogP contribution < -0.4 is 5.32 Å². The summed E-state index contributed by atoms with van der Waals surface area (Å²) in [6, 6.07) is 3.93. The number of likely N-dealkylation sites (N-methyl/N-ethyl adjacent to an activating group) is 1. The van der Waals surface area contributed by atoms with Crippen LogP contribution in [0.3, 0.4) is 0 Å². The van der Waals surface area contributed by atoms with Gasteiger partial charge in [0.2, 0.25) is 0 Å². The minimum absolute atomic E-state index is 0.0137. The van der Waals surface area contributed by atoms with Gasteiger partial charge in [0.25, 0.3) is 11.8 Å². The molecule has 0 aromatic carbocycles. The van der Waals surface area contributed by atoms with E-state index in [0.717, 1.165) is 28.7 Å². The molecule has 1 aliphatic rings. The number of carbonyl (C=O) groups is 2. The van der Waals surface area contributed by atoms with Gasteiger partial charge in [0.1, 0.15) is 4.83 Å². The number of pyridine rings is 1. The largest absolute Gasteiger partial charge is 0.350 e. The second kappa shape index (κ2) is 8.53. The molecule has 1 atom stereocenters. The van der Waals surface area contributed by atoms with Crippen molar-refractivity contribution in [1.82, 2.24) is 29.9 Å². The maximum atomic E-state index is 13.0. The Kier molecular flexibility index (Phi) is 5.83. The van der Waals surface area contributed by atoms with Crippen LogP contribution in [-0.2, 0) is 7.05 Å². The molecule has 2 amide bonds. The van der Waals surface area contributed by atoms with Gasteiger partial charge in [-0.2, -0.15) is 5.10 Å². The second-order valence-electron chi connectivity index (χ2n) is 7.90. The molecule has 1 saturated heterocycles. The van der Waals surface area contributed by atoms with Crippen LogP contribution in [-0.4, -0.2) is 76.7 Å². The first-order valence-electron chi connectivity index (χ1n) is 10.0. The fraction of sp³-hybridized carbons (Fsp3) is 0.429. The molecule has 0 spiro atoms. The molecule has 0 aliphatic carbocycles. The van der Waals surface area contributed by atoms with E-state index in [-0.39, 0.29) is 17.7 Å². The predicted octanol–water partition coefficient (Wildman–Crippen LogP) is 1.95. The van der Waals surface area contributed by atoms with Crippen molar-refractivity contribution in [1.29, 1.82) is 0 Å². The number of nitrogens with one attached hydrogen (secondary N) is 1. The topological polar surface area (TPSA) is 83.4 Å². The van der Waals surface area contributed by atoms with Crippen molar-refractivity contribution in [2.75, 3.05) is 40.3 Å². The lowest BCUT2D eigenvalue weighted by molar-refractivity contribution is 0.0790. The van der Waals surface area contributed by atoms with Crippen LogP contribution in [0.15, 0.2) is 30.7 Å². The van der Waals surface area contributed by atoms with Crippen LogP contribution in [0.25, 0.3) is 10.2 Å². The predicted molar refractivity (Wildman–Crippen MR) is 117 cm³/mol. The highest BCUT2D eigenvalue weighted by Gasteiger charge is 2.33. The van der Waals surface area contributed by atoms with E-state index in [1.807, 2.05) is 36.0 Å². The lowest BCUT2D eigenvalue weighted by Crippen LogP contribution is -2.31. The summed E-state index contributed by atoms with van der Waals surface area (Å²) in [5.74, 6) is 0.0327. The molecule has 9 heteroatoms. The fourth-order valence-electron chi connectivity index (χ4n) is 3.89. The van der Waals surface area contributed by atoms with Crippen molar-refractivity contribution >= 4 is 33.4 Å². The summed E-state index contributed by atoms with van der Waals surface area (Å²) in [5, 5.41) is 8.15. The van der Waals surface area contributed by atoms with E-state index in [2.05, 4.69) is 15.4 Å². The summed E-state index contributed by atoms with van der Waals surface area (Å²) in [6.07, 6.45) is 5.92. The van der Waals surface area contributed by atoms with E-state index >= 15 is 0 Å². The quantitative estimate of drug-likeness (QED) is 0.651. The van der Waals surface area contributed by atoms with Gasteiger partial charge < -0.3 is 15.1 Å². The Morgan fingerprint density at radius 1 is 1.37 bits per heavy atom. The van der Waals surface area contributed by atoms with Crippen molar-refractivity contribution in [3.05, 3.63) is 46.7 Å². The Morgan fingerprint density at radius 2 is 2.20 bits per heavy atom. The van der Waals surface area contributed by atoms with Crippen LogP contribution in [0.5, 0.6) is 0 Å². The summed E-state index contributed by atoms with van der Waals surface area (Å²) < 4.78 is 1.63. The molecule has 158 valence electrons. The number of fused-ring (bicyclic) bond motifs is 1. The van der Waals surface area contributed by atoms with Gasteiger partial charge in [0.05, 0.1) is 16.6 Å². The first-order valence-corrected chi connectivity index (χ1v) is 10.8. The molecule has 0 radical (unpaired) electrons. The monoisotopic (exact) mass is 426 g/mol. The summed E-state index contributed by atoms with van der Waals surface area (Å²) >= 11 is 1.43. The van der Waals surface area contributed by atoms with Gasteiger partial charge in [-0.3, -0.25) is 14.3 Å². The van der Waals surface area contributed by atoms with E-state index in [1.54, 1.807) is 30.3 Å². The number of rotatable bonds is 6. The Hall–Kier alpha value is -2.78. The molecule has 0 bridgehead atoms. The zero-order valence-corrected chi connectivity index (χ0v) is 18.3. The van der Waals surface area contributed by atoms with Crippen molar-refractivity contribution in [2.24, 2.45) is 7.05 Å². The van der Waals surface area contributed by atoms with Crippen molar-refractivity contribution < 1.29 is 9.59 Å². The number of carbonyl (C=O) groups excluding carboxylic acids is 2. The average molecular weight is 427 g/mol. The molecule has 1 aliphatic heterocycles. The zero-order chi connectivity index (χ0) is 21.3. The number of nitrogens with zero attached hydrogens (tertiary/aromatic N) is 5. The summed E-state index contributed by atoms with van der Waals surface area (Å²) in [4.78, 5) is 35.7. The summed E-state index contributed by atoms with van der Waals surface area (Å²) in [7, 11) is 5.76. The third-order valence-electron chi connectivity index (χ3n) is 5.39. The van der Waals surface area contributed by atoms with E-state index < -0.39 is 0 Å². The summed E-state index contributed by atoms with van der Waals surface area (Å²) in [5.41, 5.74) is 1.61. The Balaban J connectivity index is 1.58. The molecule has 4 rings (SSSR count). The lowest BCUT2D eigenvalue weighted by atomic mass is 9.95. The van der Waals surface area contributed by atoms with E-state index in [1.165, 1.54) is 11.3 Å². The van der Waals surface area contributed by atoms with Gasteiger partial charge in [-0.1, -0.05) is 6.07 Å². The normalized spacial score (nSPS) is 16.5. The van der Waals surface area contributed by atoms with Gasteiger partial charge in [0, 0.05) is 56.9 Å². The maximum Gasteiger partial charge on any atom is 0.261 e. The van der Waals surface area contributed by atoms with Crippen LogP contribution >= 0.6 is 11.3 Å². The Bertz CT molecular complexity index is 1070. The number of hydrogen-bond donors (Lipinski definition) is 1. The van der Waals surface area contributed by atoms with Gasteiger partial charge in [-0.15, -0.1) is 11.3 Å². The third kappa shape index (κ3) is 4.08. The molecule has 3 aromatic heterocycles. The fourth-order valence-corrected chi connectivity index (χ4v) is 5.04. The van der Waals surface area contributed by atoms with Gasteiger partial charge in [0.15, 0.2) is 0 Å². The number of amides is 2. The van der Waals surface area contributed by atoms with Crippen LogP contribution in [0, 0.1) is 0 Å². The van der Waals surface area contributed by atoms with Crippen molar-refractivity contribution in [3.8, 4) is 0 Å². The smallest absolute Gasteiger partial charge is 0.261 e. The number of aryl methyl sites for hydroxylation is 1. The highest BCUT2D eigenvalue weighted by atomic mass is 32.1. The SMILES string of the molecule is CN(C)CCNC(=O)c1sc2ncccc2c1C1CCN(C(=O)c2cnn(C)c2)C1. The number of likely N-dealkylation sites (tertiary alicyclic amines) is 1. The zero-order valence-electron chi connectivity index (χ0n) is 17.5. The van der Waals surface area contributed by atoms with Crippen molar-refractivity contribution in [2.45, 2.75) is 12.3 Å². The molecule has 3 aromatic rings. The number of aromatic nitrogens is 3. The van der Waals surface area contributed by atoms with Gasteiger partial charge in [-0.05, 0) is 32.1 Å². The average Bonchev–Trinajstić information content (AvgIpc) is 3.44. The highest BCUT2D eigenvalue weighted by molar-refractivity contribution is 7.20. The second-order valence-corrected chi connectivity index (χ2v) is 8.90. The molecule has 4 heterocycles. The van der Waals surface area contributed by atoms with Crippen LogP contribution in [0.4, 0.5) is 0 Å². The molecule has 30 heavy (non-hydrogen) atoms. The van der Waals surface area contributed by atoms with Crippen LogP contribution in [0.1, 0.15) is 37.9 Å². The first-order chi connectivity index (χ1) is 14.4. The molecular weight excluding hydrogens is 400 g/mol. The molecule has 8 nitrogen and oxygen atoms in total. The summed E-state index contributed by atoms with van der Waals surface area (Å²) in [6.45, 7) is 2.62. The minimum atomic E-state index is -0.0631. The minimum Gasteiger partial charge on any atom is -0.350 e. The maximum absolute atomic E-state index is 13.0. The van der Waals surface area contributed by atoms with E-state index in [0.29, 0.717) is 30.1 Å². The number of hydrogen-bond acceptors (Lipinski definition) is 6. The van der Waals surface area contributed by atoms with Gasteiger partial charge in [-0.25, -0.2) is 4.98 Å². The van der Waals surface area contributed by atoms with Crippen LogP contribution in [0.2, 0.25) is 0 Å². The standard InChI is InChI=1S/C21H26N6O2S/c1-25(2)10-8-22-19(28)18-17(16-5-4-7-23-20(16)30-18)14-6-9-27(13-14)21(29)15-11-24-26(3)12-15/h4-5,7,11-12,14H,6,8-10,13H2,1-3H3,(H,22,28). The molecule has 1 N–H and O–H groups in total.